The third-order valence-electron chi connectivity index (χ3n) is 8.26. The van der Waals surface area contributed by atoms with E-state index in [1.165, 1.54) is 12.1 Å². The molecule has 0 radical (unpaired) electrons. The van der Waals surface area contributed by atoms with Gasteiger partial charge in [-0.05, 0) is 28.8 Å². The summed E-state index contributed by atoms with van der Waals surface area (Å²) in [6.07, 6.45) is 0.129. The first kappa shape index (κ1) is 27.5. The molecule has 0 spiro atoms. The molecule has 0 fully saturated rings. The number of carbonyl (C=O) groups excluding carboxylic acids is 1. The fourth-order valence-electron chi connectivity index (χ4n) is 6.11. The van der Waals surface area contributed by atoms with Crippen LogP contribution in [0.2, 0.25) is 0 Å². The number of fused-ring (bicyclic) bond motifs is 4. The Labute approximate surface area is 253 Å². The van der Waals surface area contributed by atoms with E-state index in [-0.39, 0.29) is 30.9 Å². The monoisotopic (exact) mass is 588 g/mol. The van der Waals surface area contributed by atoms with Crippen LogP contribution >= 0.6 is 0 Å². The first-order chi connectivity index (χ1) is 21.4. The number of nitro benzene ring substituents is 1. The number of oxime groups is 1. The van der Waals surface area contributed by atoms with Gasteiger partial charge in [0.2, 0.25) is 0 Å². The molecular formula is C34H28N4O6. The molecule has 4 aromatic carbocycles. The van der Waals surface area contributed by atoms with Crippen molar-refractivity contribution in [3.8, 4) is 0 Å². The summed E-state index contributed by atoms with van der Waals surface area (Å²) < 4.78 is 0. The molecule has 0 saturated heterocycles. The fourth-order valence-corrected chi connectivity index (χ4v) is 6.11. The Morgan fingerprint density at radius 3 is 2.32 bits per heavy atom. The number of nitrogens with zero attached hydrogens (tertiary/aromatic N) is 4. The number of anilines is 1. The highest BCUT2D eigenvalue weighted by molar-refractivity contribution is 6.14. The molecule has 10 heteroatoms. The van der Waals surface area contributed by atoms with Gasteiger partial charge in [-0.2, -0.15) is 0 Å². The SMILES string of the molecule is CN1OC2=C(c3ccccc3N(CC3CC(c4ccc(CO)cc4)=NO3)C(=O)c3ccccc32)C1c1ccc([N+](=O)[O-])cc1. The lowest BCUT2D eigenvalue weighted by molar-refractivity contribution is -0.384. The van der Waals surface area contributed by atoms with Crippen molar-refractivity contribution >= 4 is 34.3 Å². The quantitative estimate of drug-likeness (QED) is 0.226. The van der Waals surface area contributed by atoms with E-state index in [0.29, 0.717) is 29.0 Å². The maximum atomic E-state index is 14.3. The van der Waals surface area contributed by atoms with E-state index >= 15 is 0 Å². The summed E-state index contributed by atoms with van der Waals surface area (Å²) in [5.74, 6) is 0.384. The topological polar surface area (TPSA) is 118 Å². The third-order valence-corrected chi connectivity index (χ3v) is 8.26. The van der Waals surface area contributed by atoms with Crippen molar-refractivity contribution in [3.05, 3.63) is 141 Å². The van der Waals surface area contributed by atoms with Crippen LogP contribution < -0.4 is 4.90 Å². The van der Waals surface area contributed by atoms with Crippen molar-refractivity contribution in [2.24, 2.45) is 5.16 Å². The van der Waals surface area contributed by atoms with Crippen LogP contribution in [0, 0.1) is 10.1 Å². The van der Waals surface area contributed by atoms with Gasteiger partial charge in [-0.3, -0.25) is 14.9 Å². The number of likely N-dealkylation sites (N-methyl/N-ethyl adjacent to an activating group) is 1. The Bertz CT molecular complexity index is 1830. The zero-order valence-electron chi connectivity index (χ0n) is 23.8. The van der Waals surface area contributed by atoms with Crippen molar-refractivity contribution in [2.75, 3.05) is 18.5 Å². The van der Waals surface area contributed by atoms with Crippen LogP contribution in [0.5, 0.6) is 0 Å². The number of rotatable bonds is 6. The van der Waals surface area contributed by atoms with Crippen LogP contribution in [0.15, 0.2) is 102 Å². The molecule has 1 N–H and O–H groups in total. The van der Waals surface area contributed by atoms with Gasteiger partial charge in [0.1, 0.15) is 0 Å². The molecule has 3 heterocycles. The summed E-state index contributed by atoms with van der Waals surface area (Å²) in [7, 11) is 1.82. The van der Waals surface area contributed by atoms with E-state index in [1.807, 2.05) is 73.8 Å². The van der Waals surface area contributed by atoms with Gasteiger partial charge in [-0.15, -0.1) is 5.06 Å². The van der Waals surface area contributed by atoms with Crippen molar-refractivity contribution in [1.29, 1.82) is 0 Å². The van der Waals surface area contributed by atoms with E-state index < -0.39 is 11.0 Å². The molecule has 0 aliphatic carbocycles. The highest BCUT2D eigenvalue weighted by atomic mass is 16.7. The Balaban J connectivity index is 1.29. The highest BCUT2D eigenvalue weighted by Crippen LogP contribution is 2.50. The first-order valence-electron chi connectivity index (χ1n) is 14.3. The summed E-state index contributed by atoms with van der Waals surface area (Å²) in [5.41, 5.74) is 6.85. The minimum atomic E-state index is -0.418. The van der Waals surface area contributed by atoms with Crippen molar-refractivity contribution < 1.29 is 24.5 Å². The van der Waals surface area contributed by atoms with Gasteiger partial charge in [0, 0.05) is 42.3 Å². The lowest BCUT2D eigenvalue weighted by Crippen LogP contribution is -2.39. The zero-order chi connectivity index (χ0) is 30.4. The Hall–Kier alpha value is -5.32. The number of amides is 1. The van der Waals surface area contributed by atoms with Crippen molar-refractivity contribution in [3.63, 3.8) is 0 Å². The predicted molar refractivity (Wildman–Crippen MR) is 164 cm³/mol. The average Bonchev–Trinajstić information content (AvgIpc) is 3.67. The van der Waals surface area contributed by atoms with E-state index in [0.717, 1.165) is 33.5 Å². The van der Waals surface area contributed by atoms with Crippen LogP contribution in [0.25, 0.3) is 11.3 Å². The summed E-state index contributed by atoms with van der Waals surface area (Å²) >= 11 is 0. The molecule has 0 aromatic heterocycles. The molecule has 0 saturated carbocycles. The summed E-state index contributed by atoms with van der Waals surface area (Å²) in [6, 6.07) is 28.7. The van der Waals surface area contributed by atoms with Crippen LogP contribution in [-0.2, 0) is 16.3 Å². The summed E-state index contributed by atoms with van der Waals surface area (Å²) in [5, 5.41) is 26.8. The molecule has 1 amide bonds. The van der Waals surface area contributed by atoms with E-state index in [9.17, 15) is 20.0 Å². The molecule has 2 unspecified atom stereocenters. The number of hydrogen-bond acceptors (Lipinski definition) is 8. The lowest BCUT2D eigenvalue weighted by Gasteiger charge is -2.30. The van der Waals surface area contributed by atoms with Crippen LogP contribution in [0.4, 0.5) is 11.4 Å². The second kappa shape index (κ2) is 11.1. The van der Waals surface area contributed by atoms with Gasteiger partial charge in [0.05, 0.1) is 41.1 Å². The van der Waals surface area contributed by atoms with Crippen LogP contribution in [0.1, 0.15) is 50.6 Å². The van der Waals surface area contributed by atoms with Crippen LogP contribution in [0.3, 0.4) is 0 Å². The molecule has 3 aliphatic heterocycles. The fraction of sp³-hybridized carbons (Fsp3) is 0.176. The number of nitro groups is 1. The minimum Gasteiger partial charge on any atom is -0.404 e. The van der Waals surface area contributed by atoms with Crippen molar-refractivity contribution in [2.45, 2.75) is 25.2 Å². The number of aliphatic hydroxyl groups is 1. The van der Waals surface area contributed by atoms with Gasteiger partial charge in [0.25, 0.3) is 11.6 Å². The molecule has 4 aromatic rings. The number of aliphatic hydroxyl groups excluding tert-OH is 1. The molecule has 0 bridgehead atoms. The second-order valence-electron chi connectivity index (χ2n) is 10.9. The van der Waals surface area contributed by atoms with E-state index in [2.05, 4.69) is 5.16 Å². The summed E-state index contributed by atoms with van der Waals surface area (Å²) in [4.78, 5) is 39.3. The van der Waals surface area contributed by atoms with Crippen molar-refractivity contribution in [1.82, 2.24) is 5.06 Å². The average molecular weight is 589 g/mol. The van der Waals surface area contributed by atoms with Gasteiger partial charge in [-0.25, -0.2) is 0 Å². The van der Waals surface area contributed by atoms with Gasteiger partial charge >= 0.3 is 0 Å². The van der Waals surface area contributed by atoms with Gasteiger partial charge < -0.3 is 19.7 Å². The molecule has 44 heavy (non-hydrogen) atoms. The number of hydroxylamine groups is 2. The first-order valence-corrected chi connectivity index (χ1v) is 14.3. The smallest absolute Gasteiger partial charge is 0.269 e. The molecule has 2 atom stereocenters. The lowest BCUT2D eigenvalue weighted by atomic mass is 9.87. The van der Waals surface area contributed by atoms with E-state index in [4.69, 9.17) is 9.68 Å². The maximum absolute atomic E-state index is 14.3. The second-order valence-corrected chi connectivity index (χ2v) is 10.9. The number of hydrogen-bond donors (Lipinski definition) is 1. The molecule has 7 rings (SSSR count). The largest absolute Gasteiger partial charge is 0.404 e. The molecular weight excluding hydrogens is 560 g/mol. The zero-order valence-corrected chi connectivity index (χ0v) is 23.8. The Morgan fingerprint density at radius 1 is 0.932 bits per heavy atom. The molecule has 10 nitrogen and oxygen atoms in total. The predicted octanol–water partition coefficient (Wildman–Crippen LogP) is 5.73. The number of carbonyl (C=O) groups is 1. The summed E-state index contributed by atoms with van der Waals surface area (Å²) in [6.45, 7) is 0.223. The normalized spacial score (nSPS) is 19.3. The highest BCUT2D eigenvalue weighted by Gasteiger charge is 2.41. The number of para-hydroxylation sites is 1. The Kier molecular flexibility index (Phi) is 6.92. The van der Waals surface area contributed by atoms with Gasteiger partial charge in [-0.1, -0.05) is 78.0 Å². The number of benzene rings is 4. The third kappa shape index (κ3) is 4.70. The number of non-ortho nitro benzene ring substituents is 1. The minimum absolute atomic E-state index is 0.00666. The Morgan fingerprint density at radius 2 is 1.61 bits per heavy atom. The molecule has 220 valence electrons. The van der Waals surface area contributed by atoms with Gasteiger partial charge in [0.15, 0.2) is 11.9 Å². The van der Waals surface area contributed by atoms with Crippen LogP contribution in [-0.4, -0.2) is 46.4 Å². The van der Waals surface area contributed by atoms with E-state index in [1.54, 1.807) is 28.2 Å². The standard InChI is InChI=1S/C34H28N4O6/c1-36-32(23-14-16-24(17-15-23)38(41)42)31-28-8-4-5-9-30(28)37(34(40)27-7-3-2-6-26(27)33(31)44-36)19-25-18-29(35-43-25)22-12-10-21(20-39)11-13-22/h2-17,25,32,39H,18-20H2,1H3. The maximum Gasteiger partial charge on any atom is 0.269 e. The molecule has 3 aliphatic rings.